The van der Waals surface area contributed by atoms with E-state index in [0.29, 0.717) is 13.1 Å². The molecule has 0 bridgehead atoms. The Morgan fingerprint density at radius 2 is 1.14 bits per heavy atom. The second-order valence-corrected chi connectivity index (χ2v) is 11.1. The Labute approximate surface area is 254 Å². The Kier molecular flexibility index (Phi) is 10.5. The third kappa shape index (κ3) is 8.27. The van der Waals surface area contributed by atoms with Crippen LogP contribution in [-0.4, -0.2) is 88.5 Å². The first-order chi connectivity index (χ1) is 19.9. The molecule has 2 fully saturated rings. The lowest BCUT2D eigenvalue weighted by atomic mass is 10.2. The first kappa shape index (κ1) is 30.9. The standard InChI is InChI=1S/C18H24N4O2.C13H16N4.ClH/c1-18(2,3)24-17(23)21-11-9-20(10-12-21)16-13-19-22(14-16)15-7-5-4-6-8-15;1-2-4-12(5-3-1)17-11-13(10-15-17)16-8-6-14-7-9-16;/h4-8,13-14H,9-12H2,1-3H3;1-5,10-11,14H,6-9H2;1H. The molecule has 11 heteroatoms. The molecule has 0 atom stereocenters. The maximum absolute atomic E-state index is 12.1. The van der Waals surface area contributed by atoms with Crippen molar-refractivity contribution in [3.8, 4) is 11.4 Å². The number of amides is 1. The lowest BCUT2D eigenvalue weighted by molar-refractivity contribution is 0.0240. The van der Waals surface area contributed by atoms with Crippen LogP contribution in [0, 0.1) is 0 Å². The van der Waals surface area contributed by atoms with E-state index in [2.05, 4.69) is 43.6 Å². The van der Waals surface area contributed by atoms with Gasteiger partial charge in [-0.1, -0.05) is 36.4 Å². The molecule has 224 valence electrons. The Balaban J connectivity index is 0.000000198. The molecule has 10 nitrogen and oxygen atoms in total. The van der Waals surface area contributed by atoms with Gasteiger partial charge >= 0.3 is 6.09 Å². The normalized spacial score (nSPS) is 15.4. The number of rotatable bonds is 4. The topological polar surface area (TPSA) is 83.7 Å². The molecule has 0 spiro atoms. The van der Waals surface area contributed by atoms with E-state index in [1.165, 1.54) is 5.69 Å². The molecule has 0 saturated carbocycles. The molecule has 0 aliphatic carbocycles. The number of hydrogen-bond acceptors (Lipinski definition) is 7. The van der Waals surface area contributed by atoms with E-state index in [0.717, 1.165) is 56.3 Å². The van der Waals surface area contributed by atoms with Gasteiger partial charge in [-0.2, -0.15) is 10.2 Å². The van der Waals surface area contributed by atoms with Gasteiger partial charge < -0.3 is 24.8 Å². The van der Waals surface area contributed by atoms with Crippen molar-refractivity contribution < 1.29 is 9.53 Å². The fraction of sp³-hybridized carbons (Fsp3) is 0.387. The number of aromatic nitrogens is 4. The lowest BCUT2D eigenvalue weighted by Crippen LogP contribution is -2.50. The minimum absolute atomic E-state index is 0. The van der Waals surface area contributed by atoms with Crippen LogP contribution in [0.15, 0.2) is 85.5 Å². The lowest BCUT2D eigenvalue weighted by Gasteiger charge is -2.36. The number of carbonyl (C=O) groups is 1. The van der Waals surface area contributed by atoms with Gasteiger partial charge in [0.05, 0.1) is 47.5 Å². The fourth-order valence-corrected chi connectivity index (χ4v) is 4.79. The van der Waals surface area contributed by atoms with Gasteiger partial charge in [0.25, 0.3) is 0 Å². The number of para-hydroxylation sites is 2. The first-order valence-electron chi connectivity index (χ1n) is 14.2. The van der Waals surface area contributed by atoms with Gasteiger partial charge in [0.2, 0.25) is 0 Å². The molecule has 42 heavy (non-hydrogen) atoms. The van der Waals surface area contributed by atoms with Gasteiger partial charge in [-0.3, -0.25) is 0 Å². The quantitative estimate of drug-likeness (QED) is 0.370. The fourth-order valence-electron chi connectivity index (χ4n) is 4.79. The predicted octanol–water partition coefficient (Wildman–Crippen LogP) is 4.63. The number of hydrogen-bond donors (Lipinski definition) is 1. The number of anilines is 2. The van der Waals surface area contributed by atoms with Crippen LogP contribution in [0.1, 0.15) is 20.8 Å². The summed E-state index contributed by atoms with van der Waals surface area (Å²) in [5, 5.41) is 12.2. The van der Waals surface area contributed by atoms with E-state index in [9.17, 15) is 4.79 Å². The Morgan fingerprint density at radius 3 is 1.60 bits per heavy atom. The third-order valence-corrected chi connectivity index (χ3v) is 6.96. The van der Waals surface area contributed by atoms with E-state index in [1.807, 2.05) is 97.3 Å². The first-order valence-corrected chi connectivity index (χ1v) is 14.2. The zero-order valence-electron chi connectivity index (χ0n) is 24.6. The van der Waals surface area contributed by atoms with Crippen LogP contribution in [0.4, 0.5) is 16.2 Å². The van der Waals surface area contributed by atoms with Crippen molar-refractivity contribution >= 4 is 29.9 Å². The van der Waals surface area contributed by atoms with Gasteiger partial charge in [0.1, 0.15) is 5.60 Å². The van der Waals surface area contributed by atoms with Crippen LogP contribution in [-0.2, 0) is 4.74 Å². The smallest absolute Gasteiger partial charge is 0.410 e. The summed E-state index contributed by atoms with van der Waals surface area (Å²) in [7, 11) is 0. The summed E-state index contributed by atoms with van der Waals surface area (Å²) < 4.78 is 9.23. The molecule has 2 aromatic heterocycles. The van der Waals surface area contributed by atoms with E-state index < -0.39 is 5.60 Å². The molecule has 1 amide bonds. The summed E-state index contributed by atoms with van der Waals surface area (Å²) in [5.74, 6) is 0. The molecule has 2 saturated heterocycles. The molecule has 2 aliphatic heterocycles. The van der Waals surface area contributed by atoms with Crippen LogP contribution in [0.3, 0.4) is 0 Å². The van der Waals surface area contributed by atoms with Gasteiger partial charge in [-0.05, 0) is 45.0 Å². The number of nitrogens with one attached hydrogen (secondary N) is 1. The summed E-state index contributed by atoms with van der Waals surface area (Å²) in [6, 6.07) is 20.2. The van der Waals surface area contributed by atoms with Gasteiger partial charge in [-0.15, -0.1) is 12.4 Å². The molecule has 1 N–H and O–H groups in total. The van der Waals surface area contributed by atoms with Crippen molar-refractivity contribution in [1.82, 2.24) is 29.8 Å². The molecule has 4 aromatic rings. The molecule has 0 unspecified atom stereocenters. The summed E-state index contributed by atoms with van der Waals surface area (Å²) in [5.41, 5.74) is 3.97. The number of ether oxygens (including phenoxy) is 1. The highest BCUT2D eigenvalue weighted by Gasteiger charge is 2.26. The SMILES string of the molecule is CC(C)(C)OC(=O)N1CCN(c2cnn(-c3ccccc3)c2)CC1.Cl.c1ccc(-n2cc(N3CCNCC3)cn2)cc1. The van der Waals surface area contributed by atoms with Crippen LogP contribution in [0.2, 0.25) is 0 Å². The number of halogens is 1. The summed E-state index contributed by atoms with van der Waals surface area (Å²) in [6.45, 7) is 12.8. The van der Waals surface area contributed by atoms with Gasteiger partial charge in [0.15, 0.2) is 0 Å². The molecule has 2 aromatic carbocycles. The molecular formula is C31H41ClN8O2. The minimum atomic E-state index is -0.453. The summed E-state index contributed by atoms with van der Waals surface area (Å²) in [4.78, 5) is 18.5. The van der Waals surface area contributed by atoms with E-state index in [4.69, 9.17) is 4.74 Å². The Bertz CT molecular complexity index is 1370. The average molecular weight is 593 g/mol. The van der Waals surface area contributed by atoms with Crippen molar-refractivity contribution in [2.45, 2.75) is 26.4 Å². The molecule has 0 radical (unpaired) electrons. The number of nitrogens with zero attached hydrogens (tertiary/aromatic N) is 7. The predicted molar refractivity (Wildman–Crippen MR) is 169 cm³/mol. The highest BCUT2D eigenvalue weighted by molar-refractivity contribution is 5.85. The molecular weight excluding hydrogens is 552 g/mol. The molecule has 4 heterocycles. The maximum atomic E-state index is 12.1. The van der Waals surface area contributed by atoms with Crippen molar-refractivity contribution in [3.63, 3.8) is 0 Å². The number of benzene rings is 2. The second kappa shape index (κ2) is 14.2. The summed E-state index contributed by atoms with van der Waals surface area (Å²) >= 11 is 0. The van der Waals surface area contributed by atoms with Crippen LogP contribution in [0.5, 0.6) is 0 Å². The van der Waals surface area contributed by atoms with Crippen LogP contribution >= 0.6 is 12.4 Å². The molecule has 6 rings (SSSR count). The number of piperazine rings is 2. The Morgan fingerprint density at radius 1 is 0.690 bits per heavy atom. The second-order valence-electron chi connectivity index (χ2n) is 11.1. The number of carbonyl (C=O) groups excluding carboxylic acids is 1. The maximum Gasteiger partial charge on any atom is 0.410 e. The van der Waals surface area contributed by atoms with Gasteiger partial charge in [0, 0.05) is 52.4 Å². The zero-order chi connectivity index (χ0) is 28.7. The largest absolute Gasteiger partial charge is 0.444 e. The van der Waals surface area contributed by atoms with E-state index >= 15 is 0 Å². The van der Waals surface area contributed by atoms with Crippen molar-refractivity contribution in [2.75, 3.05) is 62.2 Å². The zero-order valence-corrected chi connectivity index (χ0v) is 25.4. The molecule has 2 aliphatic rings. The van der Waals surface area contributed by atoms with Crippen LogP contribution < -0.4 is 15.1 Å². The van der Waals surface area contributed by atoms with E-state index in [1.54, 1.807) is 4.90 Å². The van der Waals surface area contributed by atoms with Crippen molar-refractivity contribution in [3.05, 3.63) is 85.5 Å². The minimum Gasteiger partial charge on any atom is -0.444 e. The monoisotopic (exact) mass is 592 g/mol. The average Bonchev–Trinajstić information content (AvgIpc) is 3.69. The third-order valence-electron chi connectivity index (χ3n) is 6.96. The highest BCUT2D eigenvalue weighted by Crippen LogP contribution is 2.19. The highest BCUT2D eigenvalue weighted by atomic mass is 35.5. The van der Waals surface area contributed by atoms with Crippen LogP contribution in [0.25, 0.3) is 11.4 Å². The summed E-state index contributed by atoms with van der Waals surface area (Å²) in [6.07, 6.45) is 7.70. The Hall–Kier alpha value is -4.02. The van der Waals surface area contributed by atoms with Gasteiger partial charge in [-0.25, -0.2) is 14.2 Å². The van der Waals surface area contributed by atoms with E-state index in [-0.39, 0.29) is 18.5 Å². The van der Waals surface area contributed by atoms with Crippen molar-refractivity contribution in [1.29, 1.82) is 0 Å². The van der Waals surface area contributed by atoms with Crippen molar-refractivity contribution in [2.24, 2.45) is 0 Å².